The Kier molecular flexibility index (Phi) is 4.15. The molecular weight excluding hydrogens is 269 g/mol. The average Bonchev–Trinajstić information content (AvgIpc) is 2.59. The molecule has 0 spiro atoms. The van der Waals surface area contributed by atoms with Crippen molar-refractivity contribution in [2.45, 2.75) is 45.8 Å². The maximum absolute atomic E-state index is 11.4. The Morgan fingerprint density at radius 2 is 1.90 bits per heavy atom. The van der Waals surface area contributed by atoms with Crippen molar-refractivity contribution in [2.24, 2.45) is 0 Å². The minimum Gasteiger partial charge on any atom is -0.400 e. The Morgan fingerprint density at radius 1 is 1.33 bits per heavy atom. The zero-order valence-corrected chi connectivity index (χ0v) is 13.2. The van der Waals surface area contributed by atoms with Crippen molar-refractivity contribution < 1.29 is 14.4 Å². The van der Waals surface area contributed by atoms with Gasteiger partial charge in [0, 0.05) is 11.8 Å². The van der Waals surface area contributed by atoms with Crippen molar-refractivity contribution in [2.75, 3.05) is 6.61 Å². The number of aliphatic hydroxyl groups excluding tert-OH is 1. The molecule has 2 heterocycles. The summed E-state index contributed by atoms with van der Waals surface area (Å²) in [6, 6.07) is 1.76. The second kappa shape index (κ2) is 5.44. The number of nitrogens with one attached hydrogen (secondary N) is 1. The highest BCUT2D eigenvalue weighted by molar-refractivity contribution is 6.55. The topological polar surface area (TPSA) is 71.5 Å². The van der Waals surface area contributed by atoms with Gasteiger partial charge < -0.3 is 19.4 Å². The van der Waals surface area contributed by atoms with Crippen LogP contribution in [0.2, 0.25) is 0 Å². The van der Waals surface area contributed by atoms with E-state index >= 15 is 0 Å². The number of pyridine rings is 1. The molecule has 2 rings (SSSR count). The SMILES string of the molecule is Cc1cc(C=C(CO)B2OC(C)(C)C(C)(C)O2)c[nH]c1=O. The third kappa shape index (κ3) is 3.12. The van der Waals surface area contributed by atoms with Crippen LogP contribution in [0.3, 0.4) is 0 Å². The van der Waals surface area contributed by atoms with Crippen LogP contribution in [0.1, 0.15) is 38.8 Å². The fourth-order valence-corrected chi connectivity index (χ4v) is 2.10. The molecule has 5 nitrogen and oxygen atoms in total. The second-order valence-corrected chi connectivity index (χ2v) is 6.41. The van der Waals surface area contributed by atoms with E-state index in [-0.39, 0.29) is 12.2 Å². The first-order valence-corrected chi connectivity index (χ1v) is 7.02. The molecule has 1 aliphatic heterocycles. The van der Waals surface area contributed by atoms with Gasteiger partial charge in [-0.15, -0.1) is 0 Å². The molecule has 2 N–H and O–H groups in total. The van der Waals surface area contributed by atoms with E-state index in [1.54, 1.807) is 25.3 Å². The lowest BCUT2D eigenvalue weighted by Gasteiger charge is -2.32. The fourth-order valence-electron chi connectivity index (χ4n) is 2.10. The number of aryl methyl sites for hydroxylation is 1. The Morgan fingerprint density at radius 3 is 2.38 bits per heavy atom. The van der Waals surface area contributed by atoms with Gasteiger partial charge in [0.25, 0.3) is 5.56 Å². The molecule has 0 radical (unpaired) electrons. The van der Waals surface area contributed by atoms with Crippen LogP contribution in [0.25, 0.3) is 6.08 Å². The van der Waals surface area contributed by atoms with Gasteiger partial charge in [-0.3, -0.25) is 4.79 Å². The molecule has 114 valence electrons. The maximum Gasteiger partial charge on any atom is 0.492 e. The largest absolute Gasteiger partial charge is 0.492 e. The molecule has 0 saturated carbocycles. The molecule has 0 atom stereocenters. The summed E-state index contributed by atoms with van der Waals surface area (Å²) in [4.78, 5) is 14.0. The number of hydrogen-bond acceptors (Lipinski definition) is 4. The third-order valence-corrected chi connectivity index (χ3v) is 4.20. The first-order chi connectivity index (χ1) is 9.66. The molecular formula is C15H22BNO4. The fraction of sp³-hybridized carbons (Fsp3) is 0.533. The molecule has 1 aromatic heterocycles. The van der Waals surface area contributed by atoms with Gasteiger partial charge >= 0.3 is 7.12 Å². The number of rotatable bonds is 3. The Hall–Kier alpha value is -1.37. The third-order valence-electron chi connectivity index (χ3n) is 4.20. The number of aliphatic hydroxyl groups is 1. The highest BCUT2D eigenvalue weighted by Crippen LogP contribution is 2.38. The molecule has 0 aliphatic carbocycles. The molecule has 0 unspecified atom stereocenters. The molecule has 21 heavy (non-hydrogen) atoms. The van der Waals surface area contributed by atoms with Crippen LogP contribution < -0.4 is 5.56 Å². The average molecular weight is 291 g/mol. The number of aromatic nitrogens is 1. The minimum atomic E-state index is -0.591. The van der Waals surface area contributed by atoms with Crippen molar-refractivity contribution in [1.82, 2.24) is 4.98 Å². The van der Waals surface area contributed by atoms with Crippen molar-refractivity contribution in [3.63, 3.8) is 0 Å². The highest BCUT2D eigenvalue weighted by atomic mass is 16.7. The summed E-state index contributed by atoms with van der Waals surface area (Å²) in [6.07, 6.45) is 3.39. The number of hydrogen-bond donors (Lipinski definition) is 2. The van der Waals surface area contributed by atoms with E-state index in [4.69, 9.17) is 9.31 Å². The monoisotopic (exact) mass is 291 g/mol. The lowest BCUT2D eigenvalue weighted by Crippen LogP contribution is -2.41. The first-order valence-electron chi connectivity index (χ1n) is 7.02. The van der Waals surface area contributed by atoms with Crippen LogP contribution in [-0.4, -0.2) is 35.0 Å². The van der Waals surface area contributed by atoms with Crippen molar-refractivity contribution in [1.29, 1.82) is 0 Å². The van der Waals surface area contributed by atoms with Crippen molar-refractivity contribution in [3.8, 4) is 0 Å². The van der Waals surface area contributed by atoms with Crippen LogP contribution in [-0.2, 0) is 9.31 Å². The first kappa shape index (κ1) is 16.0. The number of aromatic amines is 1. The lowest BCUT2D eigenvalue weighted by atomic mass is 9.77. The molecule has 0 aromatic carbocycles. The van der Waals surface area contributed by atoms with Crippen LogP contribution in [0, 0.1) is 6.92 Å². The summed E-state index contributed by atoms with van der Waals surface area (Å²) in [6.45, 7) is 9.43. The van der Waals surface area contributed by atoms with E-state index in [1.807, 2.05) is 27.7 Å². The smallest absolute Gasteiger partial charge is 0.400 e. The van der Waals surface area contributed by atoms with E-state index in [0.29, 0.717) is 11.0 Å². The standard InChI is InChI=1S/C15H22BNO4/c1-10-6-11(8-17-13(10)19)7-12(9-18)16-20-14(2,3)15(4,5)21-16/h6-8,18H,9H2,1-5H3,(H,17,19). The molecule has 0 bridgehead atoms. The Balaban J connectivity index is 2.30. The van der Waals surface area contributed by atoms with Gasteiger partial charge in [-0.25, -0.2) is 0 Å². The van der Waals surface area contributed by atoms with E-state index in [9.17, 15) is 9.90 Å². The van der Waals surface area contributed by atoms with Gasteiger partial charge in [-0.1, -0.05) is 6.08 Å². The summed E-state index contributed by atoms with van der Waals surface area (Å²) < 4.78 is 11.8. The van der Waals surface area contributed by atoms with Gasteiger partial charge in [0.2, 0.25) is 0 Å². The molecule has 6 heteroatoms. The van der Waals surface area contributed by atoms with E-state index in [0.717, 1.165) is 5.56 Å². The Bertz CT molecular complexity index is 602. The Labute approximate surface area is 125 Å². The van der Waals surface area contributed by atoms with Gasteiger partial charge in [0.05, 0.1) is 17.8 Å². The molecule has 1 fully saturated rings. The van der Waals surface area contributed by atoms with Gasteiger partial charge in [-0.05, 0) is 51.7 Å². The van der Waals surface area contributed by atoms with Crippen LogP contribution in [0.4, 0.5) is 0 Å². The zero-order valence-electron chi connectivity index (χ0n) is 13.2. The van der Waals surface area contributed by atoms with E-state index in [2.05, 4.69) is 4.98 Å². The maximum atomic E-state index is 11.4. The van der Waals surface area contributed by atoms with Crippen LogP contribution in [0.15, 0.2) is 22.5 Å². The van der Waals surface area contributed by atoms with Gasteiger partial charge in [0.15, 0.2) is 0 Å². The predicted molar refractivity (Wildman–Crippen MR) is 82.9 cm³/mol. The summed E-state index contributed by atoms with van der Waals surface area (Å²) in [5, 5.41) is 9.61. The highest BCUT2D eigenvalue weighted by Gasteiger charge is 2.52. The predicted octanol–water partition coefficient (Wildman–Crippen LogP) is 1.69. The zero-order chi connectivity index (χ0) is 15.8. The number of H-pyrrole nitrogens is 1. The van der Waals surface area contributed by atoms with Crippen molar-refractivity contribution >= 4 is 13.2 Å². The van der Waals surface area contributed by atoms with Gasteiger partial charge in [-0.2, -0.15) is 0 Å². The van der Waals surface area contributed by atoms with Crippen molar-refractivity contribution in [3.05, 3.63) is 39.2 Å². The lowest BCUT2D eigenvalue weighted by molar-refractivity contribution is 0.00578. The van der Waals surface area contributed by atoms with Crippen LogP contribution in [0.5, 0.6) is 0 Å². The summed E-state index contributed by atoms with van der Waals surface area (Å²) in [5.41, 5.74) is 1.02. The quantitative estimate of drug-likeness (QED) is 0.831. The van der Waals surface area contributed by atoms with Gasteiger partial charge in [0.1, 0.15) is 0 Å². The summed E-state index contributed by atoms with van der Waals surface area (Å²) in [5.74, 6) is 0. The summed E-state index contributed by atoms with van der Waals surface area (Å²) >= 11 is 0. The molecule has 0 amide bonds. The van der Waals surface area contributed by atoms with E-state index < -0.39 is 18.3 Å². The molecule has 1 aromatic rings. The minimum absolute atomic E-state index is 0.117. The van der Waals surface area contributed by atoms with Crippen LogP contribution >= 0.6 is 0 Å². The summed E-state index contributed by atoms with van der Waals surface area (Å²) in [7, 11) is -0.591. The molecule has 1 aliphatic rings. The molecule has 1 saturated heterocycles. The normalized spacial score (nSPS) is 20.9. The second-order valence-electron chi connectivity index (χ2n) is 6.41. The van der Waals surface area contributed by atoms with E-state index in [1.165, 1.54) is 0 Å².